The molecule has 0 aromatic heterocycles. The third-order valence-electron chi connectivity index (χ3n) is 3.22. The molecule has 2 rings (SSSR count). The molecular formula is C18H23NO. The molecule has 0 bridgehead atoms. The Bertz CT molecular complexity index is 496. The first-order valence-corrected chi connectivity index (χ1v) is 7.35. The van der Waals surface area contributed by atoms with Crippen LogP contribution < -0.4 is 10.1 Å². The van der Waals surface area contributed by atoms with Gasteiger partial charge in [0, 0.05) is 6.42 Å². The fraction of sp³-hybridized carbons (Fsp3) is 0.333. The van der Waals surface area contributed by atoms with Gasteiger partial charge in [0.05, 0.1) is 6.61 Å². The van der Waals surface area contributed by atoms with Crippen LogP contribution in [0.1, 0.15) is 24.5 Å². The molecule has 106 valence electrons. The van der Waals surface area contributed by atoms with Gasteiger partial charge in [-0.05, 0) is 36.7 Å². The predicted octanol–water partition coefficient (Wildman–Crippen LogP) is 3.66. The summed E-state index contributed by atoms with van der Waals surface area (Å²) in [7, 11) is 0. The number of hydrogen-bond donors (Lipinski definition) is 1. The summed E-state index contributed by atoms with van der Waals surface area (Å²) in [5.74, 6) is 1.01. The van der Waals surface area contributed by atoms with Crippen molar-refractivity contribution in [3.8, 4) is 5.75 Å². The summed E-state index contributed by atoms with van der Waals surface area (Å²) in [4.78, 5) is 0. The van der Waals surface area contributed by atoms with Gasteiger partial charge in [0.2, 0.25) is 0 Å². The fourth-order valence-electron chi connectivity index (χ4n) is 2.16. The summed E-state index contributed by atoms with van der Waals surface area (Å²) in [6, 6.07) is 18.8. The van der Waals surface area contributed by atoms with Gasteiger partial charge in [-0.2, -0.15) is 0 Å². The molecule has 0 saturated heterocycles. The minimum Gasteiger partial charge on any atom is -0.493 e. The Hall–Kier alpha value is -1.80. The van der Waals surface area contributed by atoms with Gasteiger partial charge in [0.15, 0.2) is 0 Å². The van der Waals surface area contributed by atoms with Crippen molar-refractivity contribution >= 4 is 0 Å². The van der Waals surface area contributed by atoms with Crippen molar-refractivity contribution in [2.75, 3.05) is 19.7 Å². The van der Waals surface area contributed by atoms with E-state index in [4.69, 9.17) is 4.74 Å². The van der Waals surface area contributed by atoms with E-state index in [1.807, 2.05) is 12.1 Å². The molecule has 0 aliphatic heterocycles. The van der Waals surface area contributed by atoms with Gasteiger partial charge in [0.1, 0.15) is 5.75 Å². The lowest BCUT2D eigenvalue weighted by atomic mass is 10.0. The van der Waals surface area contributed by atoms with Gasteiger partial charge in [-0.1, -0.05) is 55.5 Å². The summed E-state index contributed by atoms with van der Waals surface area (Å²) in [6.07, 6.45) is 1.96. The largest absolute Gasteiger partial charge is 0.493 e. The van der Waals surface area contributed by atoms with Crippen LogP contribution in [0.15, 0.2) is 54.6 Å². The quantitative estimate of drug-likeness (QED) is 0.739. The van der Waals surface area contributed by atoms with E-state index in [0.29, 0.717) is 0 Å². The Kier molecular flexibility index (Phi) is 6.12. The van der Waals surface area contributed by atoms with Crippen LogP contribution in [0.3, 0.4) is 0 Å². The predicted molar refractivity (Wildman–Crippen MR) is 84.3 cm³/mol. The van der Waals surface area contributed by atoms with Crippen molar-refractivity contribution in [3.63, 3.8) is 0 Å². The third kappa shape index (κ3) is 4.71. The molecular weight excluding hydrogens is 246 g/mol. The highest BCUT2D eigenvalue weighted by Crippen LogP contribution is 2.21. The smallest absolute Gasteiger partial charge is 0.122 e. The Morgan fingerprint density at radius 3 is 2.50 bits per heavy atom. The molecule has 0 aliphatic rings. The van der Waals surface area contributed by atoms with Crippen LogP contribution in [0.5, 0.6) is 5.75 Å². The molecule has 0 spiro atoms. The van der Waals surface area contributed by atoms with Crippen LogP contribution in [0.2, 0.25) is 0 Å². The Morgan fingerprint density at radius 1 is 0.950 bits per heavy atom. The number of ether oxygens (including phenoxy) is 1. The second-order valence-electron chi connectivity index (χ2n) is 4.83. The van der Waals surface area contributed by atoms with E-state index < -0.39 is 0 Å². The summed E-state index contributed by atoms with van der Waals surface area (Å²) >= 11 is 0. The summed E-state index contributed by atoms with van der Waals surface area (Å²) < 4.78 is 5.92. The molecule has 20 heavy (non-hydrogen) atoms. The minimum absolute atomic E-state index is 0.763. The van der Waals surface area contributed by atoms with Crippen molar-refractivity contribution in [1.82, 2.24) is 5.32 Å². The Morgan fingerprint density at radius 2 is 1.70 bits per heavy atom. The Labute approximate surface area is 121 Å². The number of para-hydroxylation sites is 1. The number of nitrogens with one attached hydrogen (secondary N) is 1. The average molecular weight is 269 g/mol. The maximum Gasteiger partial charge on any atom is 0.122 e. The van der Waals surface area contributed by atoms with Crippen LogP contribution >= 0.6 is 0 Å². The zero-order chi connectivity index (χ0) is 14.0. The average Bonchev–Trinajstić information content (AvgIpc) is 2.50. The normalized spacial score (nSPS) is 10.4. The standard InChI is InChI=1S/C18H23NO/c1-2-19-13-8-14-20-18-12-7-6-11-17(18)15-16-9-4-3-5-10-16/h3-7,9-12,19H,2,8,13-15H2,1H3. The van der Waals surface area contributed by atoms with Gasteiger partial charge in [-0.25, -0.2) is 0 Å². The number of rotatable bonds is 8. The van der Waals surface area contributed by atoms with Crippen molar-refractivity contribution in [1.29, 1.82) is 0 Å². The molecule has 1 N–H and O–H groups in total. The van der Waals surface area contributed by atoms with Crippen LogP contribution in [0.25, 0.3) is 0 Å². The van der Waals surface area contributed by atoms with Gasteiger partial charge in [0.25, 0.3) is 0 Å². The lowest BCUT2D eigenvalue weighted by Gasteiger charge is -2.11. The van der Waals surface area contributed by atoms with E-state index in [1.54, 1.807) is 0 Å². The van der Waals surface area contributed by atoms with E-state index in [1.165, 1.54) is 11.1 Å². The van der Waals surface area contributed by atoms with Crippen LogP contribution in [0, 0.1) is 0 Å². The van der Waals surface area contributed by atoms with Crippen molar-refractivity contribution < 1.29 is 4.74 Å². The SMILES string of the molecule is CCNCCCOc1ccccc1Cc1ccccc1. The molecule has 0 saturated carbocycles. The molecule has 0 radical (unpaired) electrons. The second-order valence-corrected chi connectivity index (χ2v) is 4.83. The minimum atomic E-state index is 0.763. The number of hydrogen-bond acceptors (Lipinski definition) is 2. The first kappa shape index (κ1) is 14.6. The highest BCUT2D eigenvalue weighted by atomic mass is 16.5. The van der Waals surface area contributed by atoms with Crippen LogP contribution in [-0.4, -0.2) is 19.7 Å². The molecule has 2 aromatic carbocycles. The third-order valence-corrected chi connectivity index (χ3v) is 3.22. The fourth-order valence-corrected chi connectivity index (χ4v) is 2.16. The highest BCUT2D eigenvalue weighted by Gasteiger charge is 2.03. The van der Waals surface area contributed by atoms with E-state index in [0.717, 1.165) is 38.3 Å². The first-order valence-electron chi connectivity index (χ1n) is 7.35. The molecule has 0 unspecified atom stereocenters. The first-order chi connectivity index (χ1) is 9.90. The molecule has 0 amide bonds. The second kappa shape index (κ2) is 8.39. The highest BCUT2D eigenvalue weighted by molar-refractivity contribution is 5.37. The summed E-state index contributed by atoms with van der Waals surface area (Å²) in [5.41, 5.74) is 2.57. The van der Waals surface area contributed by atoms with E-state index in [-0.39, 0.29) is 0 Å². The van der Waals surface area contributed by atoms with E-state index in [9.17, 15) is 0 Å². The monoisotopic (exact) mass is 269 g/mol. The maximum absolute atomic E-state index is 5.92. The van der Waals surface area contributed by atoms with Crippen LogP contribution in [0.4, 0.5) is 0 Å². The lowest BCUT2D eigenvalue weighted by molar-refractivity contribution is 0.306. The van der Waals surface area contributed by atoms with Gasteiger partial charge >= 0.3 is 0 Å². The summed E-state index contributed by atoms with van der Waals surface area (Å²) in [6.45, 7) is 4.91. The van der Waals surface area contributed by atoms with Crippen molar-refractivity contribution in [3.05, 3.63) is 65.7 Å². The summed E-state index contributed by atoms with van der Waals surface area (Å²) in [5, 5.41) is 3.31. The maximum atomic E-state index is 5.92. The van der Waals surface area contributed by atoms with Crippen molar-refractivity contribution in [2.24, 2.45) is 0 Å². The van der Waals surface area contributed by atoms with Gasteiger partial charge in [-0.15, -0.1) is 0 Å². The van der Waals surface area contributed by atoms with E-state index >= 15 is 0 Å². The molecule has 0 heterocycles. The molecule has 0 fully saturated rings. The molecule has 2 aromatic rings. The van der Waals surface area contributed by atoms with Gasteiger partial charge in [-0.3, -0.25) is 0 Å². The molecule has 0 aliphatic carbocycles. The molecule has 2 heteroatoms. The zero-order valence-corrected chi connectivity index (χ0v) is 12.1. The molecule has 2 nitrogen and oxygen atoms in total. The van der Waals surface area contributed by atoms with E-state index in [2.05, 4.69) is 54.7 Å². The van der Waals surface area contributed by atoms with Gasteiger partial charge < -0.3 is 10.1 Å². The Balaban J connectivity index is 1.92. The topological polar surface area (TPSA) is 21.3 Å². The van der Waals surface area contributed by atoms with Crippen LogP contribution in [-0.2, 0) is 6.42 Å². The number of benzene rings is 2. The van der Waals surface area contributed by atoms with Crippen molar-refractivity contribution in [2.45, 2.75) is 19.8 Å². The lowest BCUT2D eigenvalue weighted by Crippen LogP contribution is -2.16. The molecule has 0 atom stereocenters. The zero-order valence-electron chi connectivity index (χ0n) is 12.1.